The number of amides is 1. The van der Waals surface area contributed by atoms with E-state index in [0.29, 0.717) is 12.1 Å². The summed E-state index contributed by atoms with van der Waals surface area (Å²) in [5, 5.41) is 3.42. The molecule has 0 aromatic rings. The van der Waals surface area contributed by atoms with Crippen molar-refractivity contribution in [3.63, 3.8) is 0 Å². The minimum atomic E-state index is 0.0491. The number of nitrogens with one attached hydrogen (secondary N) is 1. The maximum atomic E-state index is 11.2. The third-order valence-electron chi connectivity index (χ3n) is 2.24. The van der Waals surface area contributed by atoms with Crippen LogP contribution in [0.15, 0.2) is 12.7 Å². The molecule has 3 nitrogen and oxygen atoms in total. The summed E-state index contributed by atoms with van der Waals surface area (Å²) in [5.74, 6) is 0.0491. The molecule has 1 saturated heterocycles. The molecule has 1 aliphatic rings. The maximum Gasteiger partial charge on any atom is 0.246 e. The molecule has 0 spiro atoms. The van der Waals surface area contributed by atoms with Crippen LogP contribution in [0.5, 0.6) is 0 Å². The van der Waals surface area contributed by atoms with Crippen molar-refractivity contribution in [1.82, 2.24) is 10.2 Å². The highest BCUT2D eigenvalue weighted by Gasteiger charge is 2.24. The highest BCUT2D eigenvalue weighted by atomic mass is 16.2. The van der Waals surface area contributed by atoms with Crippen LogP contribution in [0.3, 0.4) is 0 Å². The van der Waals surface area contributed by atoms with Gasteiger partial charge in [0.15, 0.2) is 0 Å². The Hall–Kier alpha value is -0.830. The van der Waals surface area contributed by atoms with Crippen molar-refractivity contribution in [3.8, 4) is 0 Å². The topological polar surface area (TPSA) is 32.3 Å². The number of likely N-dealkylation sites (tertiary alicyclic amines) is 1. The fourth-order valence-electron chi connectivity index (χ4n) is 1.70. The van der Waals surface area contributed by atoms with Crippen molar-refractivity contribution in [3.05, 3.63) is 12.7 Å². The van der Waals surface area contributed by atoms with Gasteiger partial charge in [0.25, 0.3) is 0 Å². The Morgan fingerprint density at radius 1 is 1.69 bits per heavy atom. The molecule has 1 N–H and O–H groups in total. The van der Waals surface area contributed by atoms with Gasteiger partial charge in [0.2, 0.25) is 5.91 Å². The quantitative estimate of drug-likeness (QED) is 0.654. The molecule has 0 unspecified atom stereocenters. The first kappa shape index (κ1) is 10.3. The molecule has 0 aliphatic carbocycles. The van der Waals surface area contributed by atoms with Crippen molar-refractivity contribution >= 4 is 5.91 Å². The molecule has 1 atom stereocenters. The van der Waals surface area contributed by atoms with E-state index in [2.05, 4.69) is 25.7 Å². The first-order valence-corrected chi connectivity index (χ1v) is 4.81. The molecule has 3 heteroatoms. The molecule has 13 heavy (non-hydrogen) atoms. The van der Waals surface area contributed by atoms with E-state index >= 15 is 0 Å². The van der Waals surface area contributed by atoms with E-state index in [1.807, 2.05) is 4.90 Å². The number of rotatable bonds is 3. The minimum absolute atomic E-state index is 0.0491. The van der Waals surface area contributed by atoms with E-state index in [1.54, 1.807) is 0 Å². The third-order valence-corrected chi connectivity index (χ3v) is 2.24. The molecule has 0 bridgehead atoms. The lowest BCUT2D eigenvalue weighted by molar-refractivity contribution is -0.125. The Kier molecular flexibility index (Phi) is 3.48. The molecule has 74 valence electrons. The van der Waals surface area contributed by atoms with Crippen molar-refractivity contribution in [1.29, 1.82) is 0 Å². The van der Waals surface area contributed by atoms with Gasteiger partial charge in [-0.25, -0.2) is 0 Å². The Balaban J connectivity index is 2.36. The maximum absolute atomic E-state index is 11.2. The average Bonchev–Trinajstić information content (AvgIpc) is 2.50. The van der Waals surface area contributed by atoms with Crippen LogP contribution in [0.4, 0.5) is 0 Å². The molecule has 0 saturated carbocycles. The fraction of sp³-hybridized carbons (Fsp3) is 0.700. The van der Waals surface area contributed by atoms with Crippen LogP contribution in [0, 0.1) is 0 Å². The summed E-state index contributed by atoms with van der Waals surface area (Å²) >= 11 is 0. The SMILES string of the molecule is C=CC(=O)N1CC[C@H](NC(C)C)C1. The minimum Gasteiger partial charge on any atom is -0.338 e. The first-order chi connectivity index (χ1) is 6.13. The molecular weight excluding hydrogens is 164 g/mol. The highest BCUT2D eigenvalue weighted by Crippen LogP contribution is 2.09. The molecule has 0 radical (unpaired) electrons. The zero-order valence-corrected chi connectivity index (χ0v) is 8.42. The number of carbonyl (C=O) groups is 1. The van der Waals surface area contributed by atoms with E-state index in [-0.39, 0.29) is 5.91 Å². The van der Waals surface area contributed by atoms with Crippen molar-refractivity contribution < 1.29 is 4.79 Å². The summed E-state index contributed by atoms with van der Waals surface area (Å²) in [4.78, 5) is 13.1. The summed E-state index contributed by atoms with van der Waals surface area (Å²) in [7, 11) is 0. The Morgan fingerprint density at radius 2 is 2.38 bits per heavy atom. The first-order valence-electron chi connectivity index (χ1n) is 4.81. The zero-order chi connectivity index (χ0) is 9.84. The van der Waals surface area contributed by atoms with E-state index < -0.39 is 0 Å². The lowest BCUT2D eigenvalue weighted by atomic mass is 10.2. The normalized spacial score (nSPS) is 22.4. The van der Waals surface area contributed by atoms with Gasteiger partial charge in [-0.1, -0.05) is 20.4 Å². The molecule has 1 fully saturated rings. The van der Waals surface area contributed by atoms with Gasteiger partial charge < -0.3 is 10.2 Å². The van der Waals surface area contributed by atoms with Crippen molar-refractivity contribution in [2.45, 2.75) is 32.4 Å². The number of nitrogens with zero attached hydrogens (tertiary/aromatic N) is 1. The third kappa shape index (κ3) is 2.84. The van der Waals surface area contributed by atoms with Gasteiger partial charge in [-0.2, -0.15) is 0 Å². The smallest absolute Gasteiger partial charge is 0.246 e. The van der Waals surface area contributed by atoms with Crippen LogP contribution in [-0.2, 0) is 4.79 Å². The Bertz CT molecular complexity index is 201. The van der Waals surface area contributed by atoms with E-state index in [0.717, 1.165) is 19.5 Å². The number of hydrogen-bond donors (Lipinski definition) is 1. The summed E-state index contributed by atoms with van der Waals surface area (Å²) in [6.07, 6.45) is 2.44. The number of hydrogen-bond acceptors (Lipinski definition) is 2. The van der Waals surface area contributed by atoms with E-state index in [4.69, 9.17) is 0 Å². The standard InChI is InChI=1S/C10H18N2O/c1-4-10(13)12-6-5-9(7-12)11-8(2)3/h4,8-9,11H,1,5-7H2,2-3H3/t9-/m0/s1. The van der Waals surface area contributed by atoms with Gasteiger partial charge in [-0.05, 0) is 12.5 Å². The Labute approximate surface area is 79.8 Å². The second-order valence-corrected chi connectivity index (χ2v) is 3.80. The largest absolute Gasteiger partial charge is 0.338 e. The lowest BCUT2D eigenvalue weighted by Gasteiger charge is -2.17. The molecule has 0 aromatic heterocycles. The average molecular weight is 182 g/mol. The van der Waals surface area contributed by atoms with Crippen LogP contribution in [0.25, 0.3) is 0 Å². The van der Waals surface area contributed by atoms with Gasteiger partial charge in [-0.3, -0.25) is 4.79 Å². The van der Waals surface area contributed by atoms with Crippen LogP contribution >= 0.6 is 0 Å². The molecule has 1 heterocycles. The Morgan fingerprint density at radius 3 is 2.92 bits per heavy atom. The summed E-state index contributed by atoms with van der Waals surface area (Å²) in [6.45, 7) is 9.40. The molecule has 1 rings (SSSR count). The van der Waals surface area contributed by atoms with Crippen LogP contribution in [0.1, 0.15) is 20.3 Å². The molecular formula is C10H18N2O. The lowest BCUT2D eigenvalue weighted by Crippen LogP contribution is -2.38. The summed E-state index contributed by atoms with van der Waals surface area (Å²) < 4.78 is 0. The summed E-state index contributed by atoms with van der Waals surface area (Å²) in [6, 6.07) is 0.952. The monoisotopic (exact) mass is 182 g/mol. The van der Waals surface area contributed by atoms with E-state index in [9.17, 15) is 4.79 Å². The van der Waals surface area contributed by atoms with Gasteiger partial charge in [0.05, 0.1) is 0 Å². The van der Waals surface area contributed by atoms with Crippen molar-refractivity contribution in [2.24, 2.45) is 0 Å². The van der Waals surface area contributed by atoms with Crippen LogP contribution in [0.2, 0.25) is 0 Å². The van der Waals surface area contributed by atoms with Crippen LogP contribution in [-0.4, -0.2) is 36.0 Å². The second kappa shape index (κ2) is 4.42. The van der Waals surface area contributed by atoms with Crippen molar-refractivity contribution in [2.75, 3.05) is 13.1 Å². The van der Waals surface area contributed by atoms with Gasteiger partial charge in [0, 0.05) is 25.2 Å². The zero-order valence-electron chi connectivity index (χ0n) is 8.42. The predicted molar refractivity (Wildman–Crippen MR) is 53.5 cm³/mol. The number of carbonyl (C=O) groups excluding carboxylic acids is 1. The van der Waals surface area contributed by atoms with Crippen LogP contribution < -0.4 is 5.32 Å². The summed E-state index contributed by atoms with van der Waals surface area (Å²) in [5.41, 5.74) is 0. The molecule has 1 amide bonds. The second-order valence-electron chi connectivity index (χ2n) is 3.80. The van der Waals surface area contributed by atoms with Gasteiger partial charge >= 0.3 is 0 Å². The van der Waals surface area contributed by atoms with E-state index in [1.165, 1.54) is 6.08 Å². The predicted octanol–water partition coefficient (Wildman–Crippen LogP) is 0.771. The molecule has 1 aliphatic heterocycles. The highest BCUT2D eigenvalue weighted by molar-refractivity contribution is 5.87. The van der Waals surface area contributed by atoms with Gasteiger partial charge in [0.1, 0.15) is 0 Å². The van der Waals surface area contributed by atoms with Gasteiger partial charge in [-0.15, -0.1) is 0 Å². The fourth-order valence-corrected chi connectivity index (χ4v) is 1.70. The molecule has 0 aromatic carbocycles.